The molecule has 0 spiro atoms. The van der Waals surface area contributed by atoms with Crippen molar-refractivity contribution in [3.63, 3.8) is 0 Å². The minimum atomic E-state index is -0.735. The van der Waals surface area contributed by atoms with Gasteiger partial charge in [0, 0.05) is 0 Å². The van der Waals surface area contributed by atoms with Crippen LogP contribution >= 0.6 is 15.9 Å². The van der Waals surface area contributed by atoms with Crippen LogP contribution in [0.2, 0.25) is 0 Å². The molecule has 0 atom stereocenters. The number of aliphatic carboxylic acids is 1. The van der Waals surface area contributed by atoms with Gasteiger partial charge in [0.15, 0.2) is 0 Å². The number of benzene rings is 1. The van der Waals surface area contributed by atoms with Crippen molar-refractivity contribution in [2.45, 2.75) is 51.4 Å². The van der Waals surface area contributed by atoms with Gasteiger partial charge < -0.3 is 9.84 Å². The standard InChI is InChI=1S/C16H21BrO3/c1-10-9-12(20-3)14(17)11(2)13(10)16(15(18)19)7-5-4-6-8-16/h9H,4-8H2,1-3H3,(H,18,19). The maximum atomic E-state index is 12.0. The van der Waals surface area contributed by atoms with Crippen LogP contribution in [0.4, 0.5) is 0 Å². The summed E-state index contributed by atoms with van der Waals surface area (Å²) in [6, 6.07) is 1.94. The Labute approximate surface area is 128 Å². The third kappa shape index (κ3) is 2.34. The zero-order chi connectivity index (χ0) is 14.9. The van der Waals surface area contributed by atoms with Gasteiger partial charge in [0.05, 0.1) is 17.0 Å². The molecule has 0 aromatic heterocycles. The monoisotopic (exact) mass is 340 g/mol. The smallest absolute Gasteiger partial charge is 0.314 e. The first kappa shape index (κ1) is 15.4. The van der Waals surface area contributed by atoms with Crippen molar-refractivity contribution >= 4 is 21.9 Å². The number of halogens is 1. The van der Waals surface area contributed by atoms with Crippen LogP contribution in [0.1, 0.15) is 48.8 Å². The molecular formula is C16H21BrO3. The van der Waals surface area contributed by atoms with E-state index >= 15 is 0 Å². The molecule has 1 aliphatic rings. The summed E-state index contributed by atoms with van der Waals surface area (Å²) < 4.78 is 6.22. The predicted octanol–water partition coefficient (Wildman–Crippen LogP) is 4.36. The second kappa shape index (κ2) is 5.76. The van der Waals surface area contributed by atoms with Crippen LogP contribution in [0.25, 0.3) is 0 Å². The quantitative estimate of drug-likeness (QED) is 0.888. The summed E-state index contributed by atoms with van der Waals surface area (Å²) in [5.74, 6) is 0.0700. The van der Waals surface area contributed by atoms with Gasteiger partial charge in [-0.3, -0.25) is 4.79 Å². The molecule has 1 N–H and O–H groups in total. The van der Waals surface area contributed by atoms with Crippen molar-refractivity contribution in [2.24, 2.45) is 0 Å². The lowest BCUT2D eigenvalue weighted by molar-refractivity contribution is -0.145. The van der Waals surface area contributed by atoms with Gasteiger partial charge in [0.1, 0.15) is 5.75 Å². The largest absolute Gasteiger partial charge is 0.496 e. The number of rotatable bonds is 3. The van der Waals surface area contributed by atoms with E-state index in [2.05, 4.69) is 15.9 Å². The highest BCUT2D eigenvalue weighted by Gasteiger charge is 2.43. The van der Waals surface area contributed by atoms with E-state index in [-0.39, 0.29) is 0 Å². The van der Waals surface area contributed by atoms with Crippen LogP contribution < -0.4 is 4.74 Å². The van der Waals surface area contributed by atoms with Gasteiger partial charge in [-0.15, -0.1) is 0 Å². The normalized spacial score (nSPS) is 17.8. The minimum absolute atomic E-state index is 0.694. The topological polar surface area (TPSA) is 46.5 Å². The second-order valence-corrected chi connectivity index (χ2v) is 6.45. The first-order chi connectivity index (χ1) is 9.44. The average Bonchev–Trinajstić information content (AvgIpc) is 2.43. The number of hydrogen-bond donors (Lipinski definition) is 1. The number of hydrogen-bond acceptors (Lipinski definition) is 2. The summed E-state index contributed by atoms with van der Waals surface area (Å²) in [5.41, 5.74) is 2.23. The zero-order valence-electron chi connectivity index (χ0n) is 12.3. The molecule has 1 aromatic rings. The molecule has 1 saturated carbocycles. The maximum Gasteiger partial charge on any atom is 0.314 e. The Kier molecular flexibility index (Phi) is 4.43. The number of carboxylic acid groups (broad SMARTS) is 1. The molecule has 0 bridgehead atoms. The third-order valence-electron chi connectivity index (χ3n) is 4.48. The van der Waals surface area contributed by atoms with Gasteiger partial charge in [0.25, 0.3) is 0 Å². The molecule has 1 aromatic carbocycles. The Bertz CT molecular complexity index is 531. The molecule has 0 aliphatic heterocycles. The molecule has 3 nitrogen and oxygen atoms in total. The van der Waals surface area contributed by atoms with E-state index in [1.54, 1.807) is 7.11 Å². The highest BCUT2D eigenvalue weighted by Crippen LogP contribution is 2.46. The fourth-order valence-electron chi connectivity index (χ4n) is 3.53. The number of carbonyl (C=O) groups is 1. The van der Waals surface area contributed by atoms with Crippen molar-refractivity contribution in [3.8, 4) is 5.75 Å². The Balaban J connectivity index is 2.66. The molecule has 1 fully saturated rings. The van der Waals surface area contributed by atoms with Gasteiger partial charge in [-0.1, -0.05) is 19.3 Å². The number of methoxy groups -OCH3 is 1. The minimum Gasteiger partial charge on any atom is -0.496 e. The summed E-state index contributed by atoms with van der Waals surface area (Å²) in [7, 11) is 1.63. The highest BCUT2D eigenvalue weighted by molar-refractivity contribution is 9.10. The van der Waals surface area contributed by atoms with Gasteiger partial charge in [-0.2, -0.15) is 0 Å². The SMILES string of the molecule is COc1cc(C)c(C2(C(=O)O)CCCCC2)c(C)c1Br. The lowest BCUT2D eigenvalue weighted by atomic mass is 9.67. The van der Waals surface area contributed by atoms with E-state index in [1.807, 2.05) is 19.9 Å². The molecule has 1 aliphatic carbocycles. The fourth-order valence-corrected chi connectivity index (χ4v) is 4.01. The Morgan fingerprint density at radius 3 is 2.40 bits per heavy atom. The number of ether oxygens (including phenoxy) is 1. The van der Waals surface area contributed by atoms with E-state index < -0.39 is 11.4 Å². The molecular weight excluding hydrogens is 320 g/mol. The van der Waals surface area contributed by atoms with Gasteiger partial charge in [-0.25, -0.2) is 0 Å². The summed E-state index contributed by atoms with van der Waals surface area (Å²) in [4.78, 5) is 12.0. The van der Waals surface area contributed by atoms with Crippen LogP contribution in [-0.2, 0) is 10.2 Å². The van der Waals surface area contributed by atoms with Crippen LogP contribution in [0.5, 0.6) is 5.75 Å². The second-order valence-electron chi connectivity index (χ2n) is 5.66. The van der Waals surface area contributed by atoms with Gasteiger partial charge >= 0.3 is 5.97 Å². The lowest BCUT2D eigenvalue weighted by Crippen LogP contribution is -2.39. The summed E-state index contributed by atoms with van der Waals surface area (Å²) >= 11 is 3.55. The molecule has 2 rings (SSSR count). The molecule has 0 radical (unpaired) electrons. The fraction of sp³-hybridized carbons (Fsp3) is 0.562. The van der Waals surface area contributed by atoms with Crippen LogP contribution in [0.3, 0.4) is 0 Å². The van der Waals surface area contributed by atoms with Crippen molar-refractivity contribution in [3.05, 3.63) is 27.2 Å². The van der Waals surface area contributed by atoms with Crippen LogP contribution in [0.15, 0.2) is 10.5 Å². The van der Waals surface area contributed by atoms with Crippen LogP contribution in [0, 0.1) is 13.8 Å². The number of aryl methyl sites for hydroxylation is 1. The van der Waals surface area contributed by atoms with E-state index in [9.17, 15) is 9.90 Å². The highest BCUT2D eigenvalue weighted by atomic mass is 79.9. The Morgan fingerprint density at radius 1 is 1.30 bits per heavy atom. The van der Waals surface area contributed by atoms with E-state index in [1.165, 1.54) is 0 Å². The summed E-state index contributed by atoms with van der Waals surface area (Å²) in [5, 5.41) is 9.86. The Morgan fingerprint density at radius 2 is 1.90 bits per heavy atom. The molecule has 4 heteroatoms. The van der Waals surface area contributed by atoms with Crippen molar-refractivity contribution in [2.75, 3.05) is 7.11 Å². The number of carboxylic acids is 1. The third-order valence-corrected chi connectivity index (χ3v) is 5.46. The van der Waals surface area contributed by atoms with Crippen molar-refractivity contribution in [1.29, 1.82) is 0 Å². The predicted molar refractivity (Wildman–Crippen MR) is 82.6 cm³/mol. The van der Waals surface area contributed by atoms with Crippen LogP contribution in [-0.4, -0.2) is 18.2 Å². The molecule has 0 heterocycles. The molecule has 0 unspecified atom stereocenters. The van der Waals surface area contributed by atoms with E-state index in [0.29, 0.717) is 0 Å². The zero-order valence-corrected chi connectivity index (χ0v) is 13.8. The molecule has 110 valence electrons. The first-order valence-corrected chi connectivity index (χ1v) is 7.81. The van der Waals surface area contributed by atoms with Crippen molar-refractivity contribution in [1.82, 2.24) is 0 Å². The maximum absolute atomic E-state index is 12.0. The first-order valence-electron chi connectivity index (χ1n) is 7.01. The van der Waals surface area contributed by atoms with Gasteiger partial charge in [-0.05, 0) is 65.4 Å². The van der Waals surface area contributed by atoms with E-state index in [0.717, 1.165) is 59.0 Å². The summed E-state index contributed by atoms with van der Waals surface area (Å²) in [6.07, 6.45) is 4.54. The van der Waals surface area contributed by atoms with E-state index in [4.69, 9.17) is 4.74 Å². The molecule has 20 heavy (non-hydrogen) atoms. The van der Waals surface area contributed by atoms with Crippen molar-refractivity contribution < 1.29 is 14.6 Å². The Hall–Kier alpha value is -1.03. The lowest BCUT2D eigenvalue weighted by Gasteiger charge is -2.36. The summed E-state index contributed by atoms with van der Waals surface area (Å²) in [6.45, 7) is 3.96. The average molecular weight is 341 g/mol. The molecule has 0 amide bonds. The molecule has 0 saturated heterocycles. The van der Waals surface area contributed by atoms with Gasteiger partial charge in [0.2, 0.25) is 0 Å².